The maximum Gasteiger partial charge on any atom is 0.273 e. The zero-order valence-electron chi connectivity index (χ0n) is 12.2. The minimum atomic E-state index is -0.383. The van der Waals surface area contributed by atoms with Gasteiger partial charge >= 0.3 is 0 Å². The number of hydrogen-bond donors (Lipinski definition) is 2. The highest BCUT2D eigenvalue weighted by molar-refractivity contribution is 7.09. The molecule has 0 spiro atoms. The first kappa shape index (κ1) is 15.2. The van der Waals surface area contributed by atoms with E-state index in [0.717, 1.165) is 11.1 Å². The van der Waals surface area contributed by atoms with Crippen molar-refractivity contribution in [3.05, 3.63) is 67.4 Å². The lowest BCUT2D eigenvalue weighted by Gasteiger charge is -2.08. The minimum absolute atomic E-state index is 0.205. The summed E-state index contributed by atoms with van der Waals surface area (Å²) in [4.78, 5) is 37.4. The van der Waals surface area contributed by atoms with E-state index in [2.05, 4.69) is 10.4 Å². The lowest BCUT2D eigenvalue weighted by molar-refractivity contribution is -0.121. The van der Waals surface area contributed by atoms with Crippen LogP contribution in [0.4, 0.5) is 0 Å². The quantitative estimate of drug-likeness (QED) is 0.735. The second-order valence-electron chi connectivity index (χ2n) is 5.06. The maximum atomic E-state index is 12.3. The third-order valence-corrected chi connectivity index (χ3v) is 4.40. The molecular formula is C16H15N3O3S. The fourth-order valence-corrected chi connectivity index (χ4v) is 3.05. The van der Waals surface area contributed by atoms with Gasteiger partial charge in [-0.3, -0.25) is 19.5 Å². The fourth-order valence-electron chi connectivity index (χ4n) is 2.34. The van der Waals surface area contributed by atoms with E-state index in [-0.39, 0.29) is 23.6 Å². The molecule has 7 heteroatoms. The van der Waals surface area contributed by atoms with Gasteiger partial charge in [0, 0.05) is 11.4 Å². The van der Waals surface area contributed by atoms with Crippen molar-refractivity contribution >= 4 is 28.0 Å². The Kier molecular flexibility index (Phi) is 4.38. The summed E-state index contributed by atoms with van der Waals surface area (Å²) in [5.41, 5.74) is -0.764. The molecule has 0 saturated carbocycles. The van der Waals surface area contributed by atoms with Crippen LogP contribution in [0.2, 0.25) is 0 Å². The first-order valence-corrected chi connectivity index (χ1v) is 8.04. The highest BCUT2D eigenvalue weighted by atomic mass is 32.1. The number of benzene rings is 1. The number of H-pyrrole nitrogens is 1. The molecule has 3 rings (SSSR count). The molecule has 0 aliphatic rings. The smallest absolute Gasteiger partial charge is 0.273 e. The van der Waals surface area contributed by atoms with Crippen LogP contribution in [0.3, 0.4) is 0 Å². The number of thiophene rings is 1. The summed E-state index contributed by atoms with van der Waals surface area (Å²) in [6.07, 6.45) is 0.743. The van der Waals surface area contributed by atoms with Crippen LogP contribution in [-0.4, -0.2) is 22.2 Å². The topological polar surface area (TPSA) is 84.0 Å². The number of rotatable bonds is 5. The van der Waals surface area contributed by atoms with Crippen LogP contribution in [0, 0.1) is 0 Å². The van der Waals surface area contributed by atoms with Gasteiger partial charge < -0.3 is 5.32 Å². The van der Waals surface area contributed by atoms with Crippen molar-refractivity contribution in [2.24, 2.45) is 0 Å². The number of aromatic nitrogens is 2. The Hall–Kier alpha value is -2.67. The van der Waals surface area contributed by atoms with Gasteiger partial charge in [0.15, 0.2) is 0 Å². The van der Waals surface area contributed by atoms with Crippen molar-refractivity contribution in [1.29, 1.82) is 0 Å². The summed E-state index contributed by atoms with van der Waals surface area (Å²) >= 11 is 1.63. The molecule has 0 radical (unpaired) electrons. The third kappa shape index (κ3) is 3.40. The van der Waals surface area contributed by atoms with Crippen LogP contribution in [0.1, 0.15) is 4.88 Å². The van der Waals surface area contributed by atoms with E-state index in [4.69, 9.17) is 0 Å². The molecule has 0 unspecified atom stereocenters. The molecule has 118 valence electrons. The van der Waals surface area contributed by atoms with Crippen LogP contribution < -0.4 is 16.4 Å². The summed E-state index contributed by atoms with van der Waals surface area (Å²) in [6.45, 7) is 0.287. The number of carbonyl (C=O) groups excluding carboxylic acids is 1. The van der Waals surface area contributed by atoms with Crippen molar-refractivity contribution in [2.75, 3.05) is 6.54 Å². The van der Waals surface area contributed by atoms with E-state index < -0.39 is 0 Å². The molecule has 2 heterocycles. The average Bonchev–Trinajstić information content (AvgIpc) is 3.06. The first-order valence-electron chi connectivity index (χ1n) is 7.16. The molecule has 23 heavy (non-hydrogen) atoms. The molecule has 0 aliphatic heterocycles. The Morgan fingerprint density at radius 2 is 1.91 bits per heavy atom. The monoisotopic (exact) mass is 329 g/mol. The van der Waals surface area contributed by atoms with E-state index >= 15 is 0 Å². The van der Waals surface area contributed by atoms with Crippen molar-refractivity contribution in [3.8, 4) is 0 Å². The second-order valence-corrected chi connectivity index (χ2v) is 6.09. The zero-order chi connectivity index (χ0) is 16.2. The lowest BCUT2D eigenvalue weighted by atomic mass is 10.2. The van der Waals surface area contributed by atoms with Gasteiger partial charge in [0.1, 0.15) is 6.54 Å². The van der Waals surface area contributed by atoms with Crippen molar-refractivity contribution in [3.63, 3.8) is 0 Å². The molecular weight excluding hydrogens is 314 g/mol. The number of carbonyl (C=O) groups is 1. The molecule has 0 bridgehead atoms. The standard InChI is InChI=1S/C16H15N3O3S/c20-14(17-8-7-11-4-3-9-23-11)10-19-16(22)13-6-2-1-5-12(13)15(21)18-19/h1-6,9H,7-8,10H2,(H,17,20)(H,18,21). The van der Waals surface area contributed by atoms with Crippen molar-refractivity contribution < 1.29 is 4.79 Å². The largest absolute Gasteiger partial charge is 0.354 e. The molecule has 0 atom stereocenters. The third-order valence-electron chi connectivity index (χ3n) is 3.46. The Labute approximate surface area is 135 Å². The van der Waals surface area contributed by atoms with Gasteiger partial charge in [-0.05, 0) is 30.0 Å². The van der Waals surface area contributed by atoms with Crippen molar-refractivity contribution in [2.45, 2.75) is 13.0 Å². The summed E-state index contributed by atoms with van der Waals surface area (Å²) in [6, 6.07) is 10.5. The molecule has 6 nitrogen and oxygen atoms in total. The number of nitrogens with one attached hydrogen (secondary N) is 2. The average molecular weight is 329 g/mol. The maximum absolute atomic E-state index is 12.3. The molecule has 1 amide bonds. The molecule has 3 aromatic rings. The van der Waals surface area contributed by atoms with Gasteiger partial charge in [0.25, 0.3) is 11.1 Å². The summed E-state index contributed by atoms with van der Waals surface area (Å²) in [5.74, 6) is -0.311. The van der Waals surface area contributed by atoms with Crippen LogP contribution in [0.25, 0.3) is 10.8 Å². The van der Waals surface area contributed by atoms with Gasteiger partial charge in [0.2, 0.25) is 5.91 Å². The Balaban J connectivity index is 1.71. The van der Waals surface area contributed by atoms with Crippen LogP contribution in [0.5, 0.6) is 0 Å². The Morgan fingerprint density at radius 3 is 2.65 bits per heavy atom. The van der Waals surface area contributed by atoms with Gasteiger partial charge in [-0.25, -0.2) is 4.68 Å². The summed E-state index contributed by atoms with van der Waals surface area (Å²) in [5, 5.41) is 7.81. The summed E-state index contributed by atoms with van der Waals surface area (Å²) < 4.78 is 1.05. The lowest BCUT2D eigenvalue weighted by Crippen LogP contribution is -2.37. The molecule has 1 aromatic carbocycles. The van der Waals surface area contributed by atoms with Gasteiger partial charge in [0.05, 0.1) is 10.8 Å². The Bertz CT molecular complexity index is 941. The Morgan fingerprint density at radius 1 is 1.13 bits per heavy atom. The molecule has 0 saturated heterocycles. The highest BCUT2D eigenvalue weighted by Gasteiger charge is 2.09. The van der Waals surface area contributed by atoms with Gasteiger partial charge in [-0.2, -0.15) is 0 Å². The fraction of sp³-hybridized carbons (Fsp3) is 0.188. The molecule has 2 N–H and O–H groups in total. The number of nitrogens with zero attached hydrogens (tertiary/aromatic N) is 1. The normalized spacial score (nSPS) is 10.8. The van der Waals surface area contributed by atoms with Crippen LogP contribution in [0.15, 0.2) is 51.4 Å². The van der Waals surface area contributed by atoms with E-state index in [0.29, 0.717) is 17.3 Å². The van der Waals surface area contributed by atoms with E-state index in [1.54, 1.807) is 35.6 Å². The zero-order valence-corrected chi connectivity index (χ0v) is 13.1. The molecule has 2 aromatic heterocycles. The molecule has 0 fully saturated rings. The van der Waals surface area contributed by atoms with Crippen LogP contribution in [-0.2, 0) is 17.8 Å². The van der Waals surface area contributed by atoms with E-state index in [9.17, 15) is 14.4 Å². The number of hydrogen-bond acceptors (Lipinski definition) is 4. The first-order chi connectivity index (χ1) is 11.1. The van der Waals surface area contributed by atoms with Crippen LogP contribution >= 0.6 is 11.3 Å². The minimum Gasteiger partial charge on any atom is -0.354 e. The highest BCUT2D eigenvalue weighted by Crippen LogP contribution is 2.08. The van der Waals surface area contributed by atoms with Gasteiger partial charge in [-0.15, -0.1) is 11.3 Å². The van der Waals surface area contributed by atoms with E-state index in [1.165, 1.54) is 4.88 Å². The van der Waals surface area contributed by atoms with Crippen molar-refractivity contribution in [1.82, 2.24) is 15.1 Å². The summed E-state index contributed by atoms with van der Waals surface area (Å²) in [7, 11) is 0. The number of aromatic amines is 1. The molecule has 0 aliphatic carbocycles. The number of fused-ring (bicyclic) bond motifs is 1. The van der Waals surface area contributed by atoms with E-state index in [1.807, 2.05) is 17.5 Å². The van der Waals surface area contributed by atoms with Gasteiger partial charge in [-0.1, -0.05) is 18.2 Å². The second kappa shape index (κ2) is 6.62. The predicted molar refractivity (Wildman–Crippen MR) is 89.9 cm³/mol. The SMILES string of the molecule is O=C(Cn1[nH]c(=O)c2ccccc2c1=O)NCCc1cccs1. The number of amides is 1. The predicted octanol–water partition coefficient (Wildman–Crippen LogP) is 1.11.